The first kappa shape index (κ1) is 7.96. The van der Waals surface area contributed by atoms with Crippen molar-refractivity contribution in [2.75, 3.05) is 5.73 Å². The largest absolute Gasteiger partial charge is 0.378 e. The highest BCUT2D eigenvalue weighted by Gasteiger charge is 2.15. The van der Waals surface area contributed by atoms with Gasteiger partial charge in [0.25, 0.3) is 5.91 Å². The molecule has 0 aliphatic carbocycles. The molecule has 0 saturated carbocycles. The SMILES string of the molecule is NC(=O)C(O)c1cnc(N)s1. The molecule has 1 unspecified atom stereocenters. The summed E-state index contributed by atoms with van der Waals surface area (Å²) in [4.78, 5) is 14.4. The zero-order valence-electron chi connectivity index (χ0n) is 5.52. The van der Waals surface area contributed by atoms with Gasteiger partial charge >= 0.3 is 0 Å². The number of hydrogen-bond acceptors (Lipinski definition) is 5. The fourth-order valence-corrected chi connectivity index (χ4v) is 1.25. The quantitative estimate of drug-likeness (QED) is 0.547. The van der Waals surface area contributed by atoms with Gasteiger partial charge in [-0.1, -0.05) is 11.3 Å². The van der Waals surface area contributed by atoms with E-state index >= 15 is 0 Å². The minimum atomic E-state index is -1.29. The van der Waals surface area contributed by atoms with Crippen LogP contribution >= 0.6 is 11.3 Å². The second-order valence-corrected chi connectivity index (χ2v) is 3.00. The Morgan fingerprint density at radius 3 is 2.82 bits per heavy atom. The number of aliphatic hydroxyl groups excluding tert-OH is 1. The molecule has 11 heavy (non-hydrogen) atoms. The maximum atomic E-state index is 10.4. The Kier molecular flexibility index (Phi) is 2.06. The lowest BCUT2D eigenvalue weighted by Gasteiger charge is -1.99. The predicted octanol–water partition coefficient (Wildman–Crippen LogP) is -0.756. The third kappa shape index (κ3) is 1.66. The Morgan fingerprint density at radius 1 is 1.82 bits per heavy atom. The molecule has 6 heteroatoms. The summed E-state index contributed by atoms with van der Waals surface area (Å²) in [5, 5.41) is 9.36. The summed E-state index contributed by atoms with van der Waals surface area (Å²) in [6.45, 7) is 0. The molecule has 1 aromatic rings. The Morgan fingerprint density at radius 2 is 2.45 bits per heavy atom. The number of nitrogen functional groups attached to an aromatic ring is 1. The molecule has 1 heterocycles. The van der Waals surface area contributed by atoms with Crippen LogP contribution in [0.5, 0.6) is 0 Å². The van der Waals surface area contributed by atoms with Crippen LogP contribution in [0.1, 0.15) is 11.0 Å². The van der Waals surface area contributed by atoms with Gasteiger partial charge in [0, 0.05) is 6.20 Å². The number of nitrogens with two attached hydrogens (primary N) is 2. The summed E-state index contributed by atoms with van der Waals surface area (Å²) in [7, 11) is 0. The van der Waals surface area contributed by atoms with E-state index in [-0.39, 0.29) is 0 Å². The summed E-state index contributed by atoms with van der Waals surface area (Å²) in [6, 6.07) is 0. The minimum absolute atomic E-state index is 0.306. The van der Waals surface area contributed by atoms with E-state index in [2.05, 4.69) is 4.98 Å². The molecule has 0 aromatic carbocycles. The lowest BCUT2D eigenvalue weighted by atomic mass is 10.3. The molecule has 0 fully saturated rings. The van der Waals surface area contributed by atoms with Crippen LogP contribution in [0.15, 0.2) is 6.20 Å². The van der Waals surface area contributed by atoms with E-state index in [9.17, 15) is 4.79 Å². The Balaban J connectivity index is 2.84. The zero-order valence-corrected chi connectivity index (χ0v) is 6.34. The van der Waals surface area contributed by atoms with Crippen molar-refractivity contribution in [3.63, 3.8) is 0 Å². The molecular formula is C5H7N3O2S. The van der Waals surface area contributed by atoms with Gasteiger partial charge in [0.15, 0.2) is 11.2 Å². The van der Waals surface area contributed by atoms with Crippen molar-refractivity contribution in [2.45, 2.75) is 6.10 Å². The maximum Gasteiger partial charge on any atom is 0.251 e. The third-order valence-corrected chi connectivity index (χ3v) is 1.96. The Hall–Kier alpha value is -1.14. The zero-order chi connectivity index (χ0) is 8.43. The highest BCUT2D eigenvalue weighted by atomic mass is 32.1. The number of carbonyl (C=O) groups excluding carboxylic acids is 1. The molecule has 0 radical (unpaired) electrons. The van der Waals surface area contributed by atoms with Crippen molar-refractivity contribution in [1.29, 1.82) is 0 Å². The maximum absolute atomic E-state index is 10.4. The molecule has 0 aliphatic heterocycles. The second kappa shape index (κ2) is 2.85. The van der Waals surface area contributed by atoms with Crippen LogP contribution in [0, 0.1) is 0 Å². The monoisotopic (exact) mass is 173 g/mol. The van der Waals surface area contributed by atoms with E-state index in [1.165, 1.54) is 6.20 Å². The van der Waals surface area contributed by atoms with E-state index in [1.54, 1.807) is 0 Å². The summed E-state index contributed by atoms with van der Waals surface area (Å²) in [5.74, 6) is -0.798. The molecule has 5 nitrogen and oxygen atoms in total. The van der Waals surface area contributed by atoms with Gasteiger partial charge in [-0.05, 0) is 0 Å². The first-order valence-corrected chi connectivity index (χ1v) is 3.61. The van der Waals surface area contributed by atoms with E-state index in [0.717, 1.165) is 11.3 Å². The second-order valence-electron chi connectivity index (χ2n) is 1.91. The molecular weight excluding hydrogens is 166 g/mol. The lowest BCUT2D eigenvalue weighted by molar-refractivity contribution is -0.126. The minimum Gasteiger partial charge on any atom is -0.378 e. The summed E-state index contributed by atoms with van der Waals surface area (Å²) >= 11 is 1.04. The van der Waals surface area contributed by atoms with Crippen LogP contribution < -0.4 is 11.5 Å². The number of aromatic nitrogens is 1. The van der Waals surface area contributed by atoms with Crippen LogP contribution in [0.25, 0.3) is 0 Å². The average molecular weight is 173 g/mol. The number of rotatable bonds is 2. The molecule has 0 saturated heterocycles. The van der Waals surface area contributed by atoms with Crippen LogP contribution in [0.3, 0.4) is 0 Å². The number of nitrogens with zero attached hydrogens (tertiary/aromatic N) is 1. The van der Waals surface area contributed by atoms with E-state index in [0.29, 0.717) is 10.0 Å². The molecule has 1 amide bonds. The highest BCUT2D eigenvalue weighted by molar-refractivity contribution is 7.15. The molecule has 1 rings (SSSR count). The van der Waals surface area contributed by atoms with Gasteiger partial charge in [0.1, 0.15) is 0 Å². The predicted molar refractivity (Wildman–Crippen MR) is 40.7 cm³/mol. The average Bonchev–Trinajstić information content (AvgIpc) is 2.34. The van der Waals surface area contributed by atoms with Crippen LogP contribution in [-0.2, 0) is 4.79 Å². The number of thiazole rings is 1. The van der Waals surface area contributed by atoms with Crippen molar-refractivity contribution in [1.82, 2.24) is 4.98 Å². The Bertz CT molecular complexity index is 272. The van der Waals surface area contributed by atoms with Gasteiger partial charge in [-0.2, -0.15) is 0 Å². The van der Waals surface area contributed by atoms with Gasteiger partial charge in [-0.15, -0.1) is 0 Å². The van der Waals surface area contributed by atoms with Crippen molar-refractivity contribution < 1.29 is 9.90 Å². The fourth-order valence-electron chi connectivity index (χ4n) is 0.567. The topological polar surface area (TPSA) is 102 Å². The summed E-state index contributed by atoms with van der Waals surface area (Å²) in [5.41, 5.74) is 10.1. The normalized spacial score (nSPS) is 12.8. The van der Waals surface area contributed by atoms with Crippen molar-refractivity contribution >= 4 is 22.4 Å². The van der Waals surface area contributed by atoms with Gasteiger partial charge in [-0.25, -0.2) is 4.98 Å². The summed E-state index contributed by atoms with van der Waals surface area (Å²) < 4.78 is 0. The molecule has 0 bridgehead atoms. The number of aliphatic hydroxyl groups is 1. The number of primary amides is 1. The number of carbonyl (C=O) groups is 1. The van der Waals surface area contributed by atoms with Gasteiger partial charge < -0.3 is 16.6 Å². The van der Waals surface area contributed by atoms with Crippen LogP contribution in [-0.4, -0.2) is 16.0 Å². The first-order valence-electron chi connectivity index (χ1n) is 2.80. The number of anilines is 1. The van der Waals surface area contributed by atoms with E-state index in [4.69, 9.17) is 16.6 Å². The third-order valence-electron chi connectivity index (χ3n) is 1.08. The van der Waals surface area contributed by atoms with Gasteiger partial charge in [0.2, 0.25) is 0 Å². The smallest absolute Gasteiger partial charge is 0.251 e. The molecule has 1 atom stereocenters. The first-order chi connectivity index (χ1) is 5.11. The molecule has 60 valence electrons. The summed E-state index contributed by atoms with van der Waals surface area (Å²) in [6.07, 6.45) is 0.0416. The van der Waals surface area contributed by atoms with Gasteiger partial charge in [0.05, 0.1) is 4.88 Å². The van der Waals surface area contributed by atoms with Gasteiger partial charge in [-0.3, -0.25) is 4.79 Å². The van der Waals surface area contributed by atoms with E-state index in [1.807, 2.05) is 0 Å². The number of hydrogen-bond donors (Lipinski definition) is 3. The highest BCUT2D eigenvalue weighted by Crippen LogP contribution is 2.21. The molecule has 0 aliphatic rings. The van der Waals surface area contributed by atoms with Crippen LogP contribution in [0.4, 0.5) is 5.13 Å². The Labute approximate surface area is 66.7 Å². The standard InChI is InChI=1S/C5H7N3O2S/c6-4(10)3(9)2-1-8-5(7)11-2/h1,3,9H,(H2,6,10)(H2,7,8). The molecule has 0 spiro atoms. The molecule has 1 aromatic heterocycles. The van der Waals surface area contributed by atoms with Crippen molar-refractivity contribution in [3.05, 3.63) is 11.1 Å². The fraction of sp³-hybridized carbons (Fsp3) is 0.200. The van der Waals surface area contributed by atoms with Crippen molar-refractivity contribution in [2.24, 2.45) is 5.73 Å². The van der Waals surface area contributed by atoms with E-state index < -0.39 is 12.0 Å². The van der Waals surface area contributed by atoms with Crippen molar-refractivity contribution in [3.8, 4) is 0 Å². The van der Waals surface area contributed by atoms with Crippen LogP contribution in [0.2, 0.25) is 0 Å². The lowest BCUT2D eigenvalue weighted by Crippen LogP contribution is -2.19. The molecule has 5 N–H and O–H groups in total. The number of amides is 1.